The van der Waals surface area contributed by atoms with Gasteiger partial charge in [0.25, 0.3) is 5.91 Å². The highest BCUT2D eigenvalue weighted by Crippen LogP contribution is 2.18. The molecule has 1 aromatic rings. The lowest BCUT2D eigenvalue weighted by Gasteiger charge is -2.36. The van der Waals surface area contributed by atoms with E-state index >= 15 is 0 Å². The van der Waals surface area contributed by atoms with Crippen LogP contribution < -0.4 is 10.0 Å². The van der Waals surface area contributed by atoms with Crippen molar-refractivity contribution in [2.24, 2.45) is 0 Å². The fraction of sp³-hybridized carbons (Fsp3) is 0.625. The third kappa shape index (κ3) is 6.75. The number of piperidine rings is 1. The zero-order valence-corrected chi connectivity index (χ0v) is 16.0. The van der Waals surface area contributed by atoms with E-state index in [1.807, 2.05) is 5.38 Å². The Morgan fingerprint density at radius 2 is 2.16 bits per heavy atom. The molecule has 2 N–H and O–H groups in total. The lowest BCUT2D eigenvalue weighted by Crippen LogP contribution is -2.49. The third-order valence-electron chi connectivity index (χ3n) is 4.16. The van der Waals surface area contributed by atoms with Gasteiger partial charge in [-0.25, -0.2) is 13.1 Å². The van der Waals surface area contributed by atoms with Gasteiger partial charge in [-0.2, -0.15) is 11.3 Å². The second-order valence-electron chi connectivity index (χ2n) is 6.23. The number of rotatable bonds is 8. The molecule has 140 valence electrons. The summed E-state index contributed by atoms with van der Waals surface area (Å²) in [6.07, 6.45) is 4.78. The van der Waals surface area contributed by atoms with Crippen molar-refractivity contribution in [1.82, 2.24) is 14.9 Å². The highest BCUT2D eigenvalue weighted by molar-refractivity contribution is 7.88. The van der Waals surface area contributed by atoms with Gasteiger partial charge in [0.2, 0.25) is 15.9 Å². The first kappa shape index (κ1) is 19.9. The monoisotopic (exact) mass is 387 g/mol. The van der Waals surface area contributed by atoms with Gasteiger partial charge in [-0.15, -0.1) is 0 Å². The highest BCUT2D eigenvalue weighted by atomic mass is 32.2. The summed E-state index contributed by atoms with van der Waals surface area (Å²) in [5.41, 5.74) is 0.638. The standard InChI is InChI=1S/C16H25N3O4S2/c1-25(22,23)18-11-14-5-2-3-9-19(14)15(20)6-4-8-17-16(21)13-7-10-24-12-13/h7,10,12,14,18H,2-6,8-9,11H2,1H3,(H,17,21)/t14-/m1/s1. The highest BCUT2D eigenvalue weighted by Gasteiger charge is 2.26. The van der Waals surface area contributed by atoms with Crippen LogP contribution in [0.4, 0.5) is 0 Å². The number of likely N-dealkylation sites (tertiary alicyclic amines) is 1. The Balaban J connectivity index is 1.74. The second-order valence-corrected chi connectivity index (χ2v) is 8.84. The maximum atomic E-state index is 12.4. The SMILES string of the molecule is CS(=O)(=O)NC[C@H]1CCCCN1C(=O)CCCNC(=O)c1ccsc1. The van der Waals surface area contributed by atoms with E-state index in [1.54, 1.807) is 16.3 Å². The minimum atomic E-state index is -3.26. The van der Waals surface area contributed by atoms with Gasteiger partial charge in [0.05, 0.1) is 6.26 Å². The average Bonchev–Trinajstić information content (AvgIpc) is 3.11. The summed E-state index contributed by atoms with van der Waals surface area (Å²) in [6.45, 7) is 1.37. The van der Waals surface area contributed by atoms with Gasteiger partial charge < -0.3 is 10.2 Å². The molecule has 1 aromatic heterocycles. The number of nitrogens with zero attached hydrogens (tertiary/aromatic N) is 1. The van der Waals surface area contributed by atoms with Crippen molar-refractivity contribution < 1.29 is 18.0 Å². The zero-order valence-electron chi connectivity index (χ0n) is 14.4. The molecule has 0 saturated carbocycles. The molecule has 1 saturated heterocycles. The molecular weight excluding hydrogens is 362 g/mol. The van der Waals surface area contributed by atoms with E-state index in [4.69, 9.17) is 0 Å². The van der Waals surface area contributed by atoms with Crippen molar-refractivity contribution in [3.63, 3.8) is 0 Å². The van der Waals surface area contributed by atoms with Crippen molar-refractivity contribution in [2.75, 3.05) is 25.9 Å². The maximum Gasteiger partial charge on any atom is 0.252 e. The molecule has 0 spiro atoms. The van der Waals surface area contributed by atoms with Crippen LogP contribution in [0.3, 0.4) is 0 Å². The van der Waals surface area contributed by atoms with Gasteiger partial charge in [-0.1, -0.05) is 0 Å². The number of thiophene rings is 1. The molecule has 2 amide bonds. The molecule has 2 rings (SSSR count). The molecule has 0 radical (unpaired) electrons. The smallest absolute Gasteiger partial charge is 0.252 e. The summed E-state index contributed by atoms with van der Waals surface area (Å²) in [4.78, 5) is 26.0. The van der Waals surface area contributed by atoms with Crippen molar-refractivity contribution >= 4 is 33.2 Å². The summed E-state index contributed by atoms with van der Waals surface area (Å²) >= 11 is 1.47. The van der Waals surface area contributed by atoms with Crippen LogP contribution in [0.1, 0.15) is 42.5 Å². The van der Waals surface area contributed by atoms with Crippen molar-refractivity contribution in [2.45, 2.75) is 38.1 Å². The quantitative estimate of drug-likeness (QED) is 0.655. The summed E-state index contributed by atoms with van der Waals surface area (Å²) in [5.74, 6) is -0.105. The fourth-order valence-electron chi connectivity index (χ4n) is 2.87. The Kier molecular flexibility index (Phi) is 7.39. The van der Waals surface area contributed by atoms with Crippen LogP contribution in [0.15, 0.2) is 16.8 Å². The van der Waals surface area contributed by atoms with Crippen molar-refractivity contribution in [3.05, 3.63) is 22.4 Å². The Morgan fingerprint density at radius 1 is 1.36 bits per heavy atom. The van der Waals surface area contributed by atoms with Gasteiger partial charge in [-0.05, 0) is 37.1 Å². The summed E-state index contributed by atoms with van der Waals surface area (Å²) in [7, 11) is -3.26. The topological polar surface area (TPSA) is 95.6 Å². The van der Waals surface area contributed by atoms with Crippen molar-refractivity contribution in [1.29, 1.82) is 0 Å². The largest absolute Gasteiger partial charge is 0.352 e. The van der Waals surface area contributed by atoms with E-state index in [0.29, 0.717) is 31.5 Å². The molecule has 25 heavy (non-hydrogen) atoms. The molecule has 9 heteroatoms. The third-order valence-corrected chi connectivity index (χ3v) is 5.54. The Labute approximate surface area is 152 Å². The van der Waals surface area contributed by atoms with Gasteiger partial charge in [0.1, 0.15) is 0 Å². The second kappa shape index (κ2) is 9.30. The molecule has 1 aliphatic heterocycles. The van der Waals surface area contributed by atoms with Crippen LogP contribution in [-0.4, -0.2) is 57.1 Å². The molecule has 1 aliphatic rings. The average molecular weight is 388 g/mol. The predicted octanol–water partition coefficient (Wildman–Crippen LogP) is 1.19. The molecule has 0 bridgehead atoms. The molecule has 1 fully saturated rings. The first-order chi connectivity index (χ1) is 11.9. The van der Waals surface area contributed by atoms with E-state index in [9.17, 15) is 18.0 Å². The maximum absolute atomic E-state index is 12.4. The number of amides is 2. The van der Waals surface area contributed by atoms with E-state index in [-0.39, 0.29) is 24.4 Å². The first-order valence-corrected chi connectivity index (χ1v) is 11.2. The minimum Gasteiger partial charge on any atom is -0.352 e. The first-order valence-electron chi connectivity index (χ1n) is 8.41. The summed E-state index contributed by atoms with van der Waals surface area (Å²) in [6, 6.07) is 1.68. The van der Waals surface area contributed by atoms with Gasteiger partial charge in [0.15, 0.2) is 0 Å². The van der Waals surface area contributed by atoms with E-state index in [1.165, 1.54) is 11.3 Å². The number of carbonyl (C=O) groups excluding carboxylic acids is 2. The van der Waals surface area contributed by atoms with Crippen LogP contribution in [0.25, 0.3) is 0 Å². The fourth-order valence-corrected chi connectivity index (χ4v) is 4.00. The lowest BCUT2D eigenvalue weighted by molar-refractivity contribution is -0.134. The number of hydrogen-bond acceptors (Lipinski definition) is 5. The molecule has 1 atom stereocenters. The molecule has 0 aliphatic carbocycles. The zero-order chi connectivity index (χ0) is 18.3. The Hall–Kier alpha value is -1.45. The predicted molar refractivity (Wildman–Crippen MR) is 98.1 cm³/mol. The van der Waals surface area contributed by atoms with Gasteiger partial charge in [-0.3, -0.25) is 9.59 Å². The molecule has 0 aromatic carbocycles. The van der Waals surface area contributed by atoms with E-state index in [0.717, 1.165) is 25.5 Å². The van der Waals surface area contributed by atoms with E-state index < -0.39 is 10.0 Å². The molecular formula is C16H25N3O4S2. The number of carbonyl (C=O) groups is 2. The Morgan fingerprint density at radius 3 is 2.84 bits per heavy atom. The lowest BCUT2D eigenvalue weighted by atomic mass is 10.0. The van der Waals surface area contributed by atoms with Crippen molar-refractivity contribution in [3.8, 4) is 0 Å². The normalized spacial score (nSPS) is 18.1. The van der Waals surface area contributed by atoms with E-state index in [2.05, 4.69) is 10.0 Å². The molecule has 0 unspecified atom stereocenters. The Bertz CT molecular complexity index is 674. The summed E-state index contributed by atoms with van der Waals surface area (Å²) < 4.78 is 25.0. The molecule has 7 nitrogen and oxygen atoms in total. The number of hydrogen-bond donors (Lipinski definition) is 2. The van der Waals surface area contributed by atoms with Crippen LogP contribution >= 0.6 is 11.3 Å². The van der Waals surface area contributed by atoms with Gasteiger partial charge in [0, 0.05) is 43.0 Å². The van der Waals surface area contributed by atoms with Crippen LogP contribution in [-0.2, 0) is 14.8 Å². The summed E-state index contributed by atoms with van der Waals surface area (Å²) in [5, 5.41) is 6.44. The van der Waals surface area contributed by atoms with Gasteiger partial charge >= 0.3 is 0 Å². The minimum absolute atomic E-state index is 0.0183. The molecule has 2 heterocycles. The van der Waals surface area contributed by atoms with Crippen LogP contribution in [0.5, 0.6) is 0 Å². The number of nitrogens with one attached hydrogen (secondary N) is 2. The van der Waals surface area contributed by atoms with Crippen LogP contribution in [0.2, 0.25) is 0 Å². The van der Waals surface area contributed by atoms with Crippen LogP contribution in [0, 0.1) is 0 Å². The number of sulfonamides is 1.